The smallest absolute Gasteiger partial charge is 0.292 e. The minimum Gasteiger partial charge on any atom is -0.292 e. The molecule has 0 fully saturated rings. The predicted octanol–water partition coefficient (Wildman–Crippen LogP) is 4.07. The van der Waals surface area contributed by atoms with Crippen molar-refractivity contribution < 1.29 is 14.6 Å². The molecular formula is C17H16O3. The summed E-state index contributed by atoms with van der Waals surface area (Å²) in [5, 5.41) is 0. The first-order valence-electron chi connectivity index (χ1n) is 6.36. The Morgan fingerprint density at radius 3 is 2.25 bits per heavy atom. The topological polar surface area (TPSA) is 35.5 Å². The molecule has 2 rings (SSSR count). The van der Waals surface area contributed by atoms with Gasteiger partial charge in [0.25, 0.3) is 0 Å². The Kier molecular flexibility index (Phi) is 4.91. The Morgan fingerprint density at radius 2 is 1.65 bits per heavy atom. The zero-order valence-corrected chi connectivity index (χ0v) is 11.3. The highest BCUT2D eigenvalue weighted by Gasteiger charge is 2.09. The molecule has 0 N–H and O–H groups in total. The van der Waals surface area contributed by atoms with E-state index in [4.69, 9.17) is 0 Å². The van der Waals surface area contributed by atoms with E-state index in [9.17, 15) is 4.79 Å². The highest BCUT2D eigenvalue weighted by molar-refractivity contribution is 5.89. The lowest BCUT2D eigenvalue weighted by molar-refractivity contribution is -0.216. The molecule has 102 valence electrons. The molecule has 2 aromatic carbocycles. The van der Waals surface area contributed by atoms with Gasteiger partial charge in [-0.3, -0.25) is 4.89 Å². The van der Waals surface area contributed by atoms with Crippen LogP contribution in [0.2, 0.25) is 0 Å². The van der Waals surface area contributed by atoms with Crippen LogP contribution in [0.25, 0.3) is 11.1 Å². The van der Waals surface area contributed by atoms with Crippen molar-refractivity contribution in [2.24, 2.45) is 5.92 Å². The van der Waals surface area contributed by atoms with Crippen molar-refractivity contribution in [1.29, 1.82) is 0 Å². The Labute approximate surface area is 119 Å². The van der Waals surface area contributed by atoms with E-state index in [0.29, 0.717) is 5.56 Å². The molecule has 0 aliphatic carbocycles. The maximum absolute atomic E-state index is 11.7. The number of hydrogen-bond acceptors (Lipinski definition) is 3. The fourth-order valence-corrected chi connectivity index (χ4v) is 1.64. The normalized spacial score (nSPS) is 10.6. The van der Waals surface area contributed by atoms with E-state index in [-0.39, 0.29) is 5.92 Å². The maximum atomic E-state index is 11.7. The SMILES string of the molecule is [CH2]C(C)[CH]OOC(=O)c1ccc(-c2ccccc2)cc1. The van der Waals surface area contributed by atoms with Gasteiger partial charge in [-0.15, -0.1) is 0 Å². The van der Waals surface area contributed by atoms with Crippen LogP contribution < -0.4 is 0 Å². The third-order valence-corrected chi connectivity index (χ3v) is 2.64. The first kappa shape index (κ1) is 14.3. The van der Waals surface area contributed by atoms with Crippen molar-refractivity contribution in [3.05, 3.63) is 73.7 Å². The second-order valence-corrected chi connectivity index (χ2v) is 4.52. The van der Waals surface area contributed by atoms with Gasteiger partial charge in [0.2, 0.25) is 0 Å². The lowest BCUT2D eigenvalue weighted by atomic mass is 10.0. The Bertz CT molecular complexity index is 544. The van der Waals surface area contributed by atoms with Crippen LogP contribution in [0.3, 0.4) is 0 Å². The molecule has 0 saturated carbocycles. The van der Waals surface area contributed by atoms with Crippen molar-refractivity contribution in [3.8, 4) is 11.1 Å². The molecule has 2 aromatic rings. The van der Waals surface area contributed by atoms with Crippen molar-refractivity contribution in [3.63, 3.8) is 0 Å². The second-order valence-electron chi connectivity index (χ2n) is 4.52. The van der Waals surface area contributed by atoms with Gasteiger partial charge in [0.05, 0.1) is 5.56 Å². The van der Waals surface area contributed by atoms with Gasteiger partial charge in [-0.1, -0.05) is 49.4 Å². The quantitative estimate of drug-likeness (QED) is 0.605. The van der Waals surface area contributed by atoms with Crippen LogP contribution >= 0.6 is 0 Å². The second kappa shape index (κ2) is 6.87. The molecule has 1 unspecified atom stereocenters. The molecule has 0 aromatic heterocycles. The Morgan fingerprint density at radius 1 is 1.05 bits per heavy atom. The average Bonchev–Trinajstić information content (AvgIpc) is 2.48. The standard InChI is InChI=1S/C17H16O3/c1-13(2)12-19-20-17(18)16-10-8-15(9-11-16)14-6-4-3-5-7-14/h3-13H,1H2,2H3. The summed E-state index contributed by atoms with van der Waals surface area (Å²) in [7, 11) is 0. The van der Waals surface area contributed by atoms with E-state index in [1.807, 2.05) is 49.4 Å². The van der Waals surface area contributed by atoms with Crippen molar-refractivity contribution in [2.45, 2.75) is 6.92 Å². The van der Waals surface area contributed by atoms with Gasteiger partial charge in [-0.05, 0) is 36.1 Å². The van der Waals surface area contributed by atoms with Crippen LogP contribution in [0.1, 0.15) is 17.3 Å². The first-order chi connectivity index (χ1) is 9.66. The number of carbonyl (C=O) groups is 1. The maximum Gasteiger partial charge on any atom is 0.373 e. The molecule has 1 atom stereocenters. The third-order valence-electron chi connectivity index (χ3n) is 2.64. The van der Waals surface area contributed by atoms with E-state index in [1.165, 1.54) is 6.61 Å². The van der Waals surface area contributed by atoms with Gasteiger partial charge in [0.15, 0.2) is 0 Å². The van der Waals surface area contributed by atoms with Gasteiger partial charge in [0, 0.05) is 0 Å². The minimum atomic E-state index is -0.526. The molecule has 3 heteroatoms. The van der Waals surface area contributed by atoms with Gasteiger partial charge in [-0.25, -0.2) is 4.79 Å². The van der Waals surface area contributed by atoms with E-state index in [1.54, 1.807) is 12.1 Å². The summed E-state index contributed by atoms with van der Waals surface area (Å²) in [6, 6.07) is 17.1. The monoisotopic (exact) mass is 268 g/mol. The van der Waals surface area contributed by atoms with Gasteiger partial charge in [-0.2, -0.15) is 4.89 Å². The Balaban J connectivity index is 1.99. The number of hydrogen-bond donors (Lipinski definition) is 0. The summed E-state index contributed by atoms with van der Waals surface area (Å²) >= 11 is 0. The van der Waals surface area contributed by atoms with Gasteiger partial charge >= 0.3 is 5.97 Å². The van der Waals surface area contributed by atoms with Crippen LogP contribution in [0.15, 0.2) is 54.6 Å². The fourth-order valence-electron chi connectivity index (χ4n) is 1.64. The minimum absolute atomic E-state index is 0.0525. The molecule has 0 spiro atoms. The summed E-state index contributed by atoms with van der Waals surface area (Å²) in [5.41, 5.74) is 2.58. The molecule has 3 nitrogen and oxygen atoms in total. The predicted molar refractivity (Wildman–Crippen MR) is 77.2 cm³/mol. The lowest BCUT2D eigenvalue weighted by Crippen LogP contribution is -2.06. The number of benzene rings is 2. The summed E-state index contributed by atoms with van der Waals surface area (Å²) in [6.45, 7) is 6.86. The average molecular weight is 268 g/mol. The van der Waals surface area contributed by atoms with E-state index in [2.05, 4.69) is 16.7 Å². The van der Waals surface area contributed by atoms with Gasteiger partial charge < -0.3 is 0 Å². The van der Waals surface area contributed by atoms with Gasteiger partial charge in [0.1, 0.15) is 6.61 Å². The Hall–Kier alpha value is -2.13. The molecule has 0 aliphatic heterocycles. The third kappa shape index (κ3) is 3.93. The molecule has 0 heterocycles. The highest BCUT2D eigenvalue weighted by Crippen LogP contribution is 2.19. The zero-order chi connectivity index (χ0) is 14.4. The first-order valence-corrected chi connectivity index (χ1v) is 6.36. The molecular weight excluding hydrogens is 252 g/mol. The lowest BCUT2D eigenvalue weighted by Gasteiger charge is -2.06. The van der Waals surface area contributed by atoms with E-state index in [0.717, 1.165) is 11.1 Å². The molecule has 0 aliphatic rings. The van der Waals surface area contributed by atoms with Crippen LogP contribution in [0.4, 0.5) is 0 Å². The van der Waals surface area contributed by atoms with E-state index >= 15 is 0 Å². The van der Waals surface area contributed by atoms with Crippen LogP contribution in [0.5, 0.6) is 0 Å². The number of rotatable bonds is 5. The zero-order valence-electron chi connectivity index (χ0n) is 11.3. The van der Waals surface area contributed by atoms with Crippen LogP contribution in [-0.4, -0.2) is 5.97 Å². The largest absolute Gasteiger partial charge is 0.373 e. The molecule has 20 heavy (non-hydrogen) atoms. The van der Waals surface area contributed by atoms with Crippen molar-refractivity contribution in [1.82, 2.24) is 0 Å². The molecule has 2 radical (unpaired) electrons. The summed E-state index contributed by atoms with van der Waals surface area (Å²) in [4.78, 5) is 21.0. The van der Waals surface area contributed by atoms with Crippen molar-refractivity contribution >= 4 is 5.97 Å². The molecule has 0 bridgehead atoms. The van der Waals surface area contributed by atoms with Crippen LogP contribution in [-0.2, 0) is 9.78 Å². The molecule has 0 amide bonds. The van der Waals surface area contributed by atoms with E-state index < -0.39 is 5.97 Å². The molecule has 0 saturated heterocycles. The summed E-state index contributed by atoms with van der Waals surface area (Å²) in [5.74, 6) is -0.579. The van der Waals surface area contributed by atoms with Crippen molar-refractivity contribution in [2.75, 3.05) is 0 Å². The highest BCUT2D eigenvalue weighted by atomic mass is 17.2. The summed E-state index contributed by atoms with van der Waals surface area (Å²) in [6.07, 6.45) is 0. The summed E-state index contributed by atoms with van der Waals surface area (Å²) < 4.78 is 0. The fraction of sp³-hybridized carbons (Fsp3) is 0.118. The van der Waals surface area contributed by atoms with Crippen LogP contribution in [0, 0.1) is 19.4 Å². The number of carbonyl (C=O) groups excluding carboxylic acids is 1.